The molecule has 6 heteroatoms. The number of benzene rings is 4. The van der Waals surface area contributed by atoms with E-state index in [1.54, 1.807) is 17.5 Å². The molecule has 0 atom stereocenters. The Morgan fingerprint density at radius 2 is 1.48 bits per heavy atom. The maximum atomic E-state index is 13.0. The van der Waals surface area contributed by atoms with Gasteiger partial charge in [-0.25, -0.2) is 4.98 Å². The van der Waals surface area contributed by atoms with E-state index in [0.29, 0.717) is 22.6 Å². The first-order valence-corrected chi connectivity index (χ1v) is 11.3. The van der Waals surface area contributed by atoms with Crippen molar-refractivity contribution in [3.8, 4) is 10.6 Å². The van der Waals surface area contributed by atoms with Gasteiger partial charge in [-0.1, -0.05) is 66.7 Å². The average molecular weight is 450 g/mol. The van der Waals surface area contributed by atoms with E-state index in [9.17, 15) is 9.59 Å². The van der Waals surface area contributed by atoms with Gasteiger partial charge in [0.15, 0.2) is 0 Å². The fourth-order valence-corrected chi connectivity index (χ4v) is 4.34. The predicted molar refractivity (Wildman–Crippen MR) is 134 cm³/mol. The van der Waals surface area contributed by atoms with Crippen LogP contribution in [0, 0.1) is 0 Å². The van der Waals surface area contributed by atoms with Crippen LogP contribution >= 0.6 is 11.3 Å². The van der Waals surface area contributed by atoms with Gasteiger partial charge in [-0.3, -0.25) is 9.59 Å². The maximum Gasteiger partial charge on any atom is 0.256 e. The number of fused-ring (bicyclic) bond motifs is 1. The molecule has 1 heterocycles. The van der Waals surface area contributed by atoms with E-state index in [4.69, 9.17) is 0 Å². The lowest BCUT2D eigenvalue weighted by Crippen LogP contribution is -2.12. The second-order valence-corrected chi connectivity index (χ2v) is 8.28. The summed E-state index contributed by atoms with van der Waals surface area (Å²) in [5.74, 6) is 0.122. The minimum Gasteiger partial charge on any atom is -0.322 e. The van der Waals surface area contributed by atoms with Crippen molar-refractivity contribution in [2.24, 2.45) is 0 Å². The Bertz CT molecular complexity index is 1460. The maximum absolute atomic E-state index is 13.0. The number of aromatic nitrogens is 1. The summed E-state index contributed by atoms with van der Waals surface area (Å²) in [6, 6.07) is 30.1. The molecule has 5 aromatic rings. The van der Waals surface area contributed by atoms with E-state index in [1.807, 2.05) is 84.9 Å². The van der Waals surface area contributed by atoms with E-state index < -0.39 is 0 Å². The monoisotopic (exact) mass is 449 g/mol. The van der Waals surface area contributed by atoms with Crippen molar-refractivity contribution in [3.63, 3.8) is 0 Å². The van der Waals surface area contributed by atoms with Crippen molar-refractivity contribution >= 4 is 45.4 Å². The number of nitrogens with zero attached hydrogens (tertiary/aromatic N) is 1. The van der Waals surface area contributed by atoms with Crippen LogP contribution in [0.25, 0.3) is 21.3 Å². The van der Waals surface area contributed by atoms with Gasteiger partial charge in [0.05, 0.1) is 0 Å². The number of anilines is 2. The van der Waals surface area contributed by atoms with Crippen LogP contribution in [-0.2, 0) is 0 Å². The highest BCUT2D eigenvalue weighted by molar-refractivity contribution is 7.13. The Morgan fingerprint density at radius 1 is 0.727 bits per heavy atom. The molecule has 33 heavy (non-hydrogen) atoms. The van der Waals surface area contributed by atoms with E-state index in [2.05, 4.69) is 15.6 Å². The SMILES string of the molecule is O=C(Nc1csc(-c2cccc(NC(=O)c3cccc4ccccc34)c2)n1)c1ccccc1. The molecule has 0 bridgehead atoms. The molecule has 0 radical (unpaired) electrons. The molecule has 0 fully saturated rings. The van der Waals surface area contributed by atoms with Crippen LogP contribution in [0.5, 0.6) is 0 Å². The summed E-state index contributed by atoms with van der Waals surface area (Å²) in [5.41, 5.74) is 2.73. The van der Waals surface area contributed by atoms with Gasteiger partial charge in [0.2, 0.25) is 0 Å². The third-order valence-electron chi connectivity index (χ3n) is 5.18. The molecule has 0 aliphatic carbocycles. The average Bonchev–Trinajstić information content (AvgIpc) is 3.33. The number of carbonyl (C=O) groups excluding carboxylic acids is 2. The van der Waals surface area contributed by atoms with Crippen LogP contribution in [0.3, 0.4) is 0 Å². The molecule has 5 rings (SSSR count). The second-order valence-electron chi connectivity index (χ2n) is 7.42. The van der Waals surface area contributed by atoms with Gasteiger partial charge in [-0.05, 0) is 41.1 Å². The first-order valence-electron chi connectivity index (χ1n) is 10.4. The Hall–Kier alpha value is -4.29. The van der Waals surface area contributed by atoms with Crippen LogP contribution < -0.4 is 10.6 Å². The molecule has 4 aromatic carbocycles. The van der Waals surface area contributed by atoms with Crippen LogP contribution in [0.15, 0.2) is 102 Å². The zero-order valence-corrected chi connectivity index (χ0v) is 18.3. The summed E-state index contributed by atoms with van der Waals surface area (Å²) < 4.78 is 0. The van der Waals surface area contributed by atoms with E-state index in [0.717, 1.165) is 21.3 Å². The molecule has 5 nitrogen and oxygen atoms in total. The molecular weight excluding hydrogens is 430 g/mol. The van der Waals surface area contributed by atoms with Crippen molar-refractivity contribution < 1.29 is 9.59 Å². The Kier molecular flexibility index (Phi) is 5.66. The number of carbonyl (C=O) groups is 2. The summed E-state index contributed by atoms with van der Waals surface area (Å²) >= 11 is 1.43. The second kappa shape index (κ2) is 9.06. The van der Waals surface area contributed by atoms with Crippen molar-refractivity contribution in [1.82, 2.24) is 4.98 Å². The lowest BCUT2D eigenvalue weighted by atomic mass is 10.0. The first-order chi connectivity index (χ1) is 16.2. The van der Waals surface area contributed by atoms with Gasteiger partial charge in [-0.15, -0.1) is 11.3 Å². The highest BCUT2D eigenvalue weighted by atomic mass is 32.1. The lowest BCUT2D eigenvalue weighted by Gasteiger charge is -2.09. The largest absolute Gasteiger partial charge is 0.322 e. The number of thiazole rings is 1. The summed E-state index contributed by atoms with van der Waals surface area (Å²) in [4.78, 5) is 29.9. The van der Waals surface area contributed by atoms with Gasteiger partial charge in [0.25, 0.3) is 11.8 Å². The number of nitrogens with one attached hydrogen (secondary N) is 2. The highest BCUT2D eigenvalue weighted by Gasteiger charge is 2.12. The topological polar surface area (TPSA) is 71.1 Å². The normalized spacial score (nSPS) is 10.7. The van der Waals surface area contributed by atoms with E-state index >= 15 is 0 Å². The Morgan fingerprint density at radius 3 is 2.36 bits per heavy atom. The molecule has 1 aromatic heterocycles. The fraction of sp³-hybridized carbons (Fsp3) is 0. The molecule has 0 saturated heterocycles. The van der Waals surface area contributed by atoms with E-state index in [1.165, 1.54) is 11.3 Å². The number of rotatable bonds is 5. The zero-order valence-electron chi connectivity index (χ0n) is 17.5. The Labute approximate surface area is 194 Å². The van der Waals surface area contributed by atoms with Crippen LogP contribution in [0.4, 0.5) is 11.5 Å². The quantitative estimate of drug-likeness (QED) is 0.323. The van der Waals surface area contributed by atoms with Crippen molar-refractivity contribution in [2.45, 2.75) is 0 Å². The number of hydrogen-bond donors (Lipinski definition) is 2. The molecule has 0 saturated carbocycles. The van der Waals surface area contributed by atoms with Gasteiger partial charge in [-0.2, -0.15) is 0 Å². The minimum atomic E-state index is -0.205. The van der Waals surface area contributed by atoms with Crippen molar-refractivity contribution in [3.05, 3.63) is 114 Å². The van der Waals surface area contributed by atoms with Crippen molar-refractivity contribution in [2.75, 3.05) is 10.6 Å². The van der Waals surface area contributed by atoms with Gasteiger partial charge >= 0.3 is 0 Å². The first kappa shape index (κ1) is 20.6. The summed E-state index contributed by atoms with van der Waals surface area (Å²) in [5, 5.41) is 10.3. The number of hydrogen-bond acceptors (Lipinski definition) is 4. The molecule has 0 unspecified atom stereocenters. The fourth-order valence-electron chi connectivity index (χ4n) is 3.59. The van der Waals surface area contributed by atoms with Gasteiger partial charge < -0.3 is 10.6 Å². The Balaban J connectivity index is 1.33. The summed E-state index contributed by atoms with van der Waals surface area (Å²) in [6.07, 6.45) is 0. The zero-order chi connectivity index (χ0) is 22.6. The highest BCUT2D eigenvalue weighted by Crippen LogP contribution is 2.28. The molecule has 0 aliphatic heterocycles. The molecule has 2 amide bonds. The molecule has 160 valence electrons. The molecule has 0 spiro atoms. The summed E-state index contributed by atoms with van der Waals surface area (Å²) in [6.45, 7) is 0. The van der Waals surface area contributed by atoms with Crippen molar-refractivity contribution in [1.29, 1.82) is 0 Å². The van der Waals surface area contributed by atoms with Crippen LogP contribution in [-0.4, -0.2) is 16.8 Å². The van der Waals surface area contributed by atoms with E-state index in [-0.39, 0.29) is 11.8 Å². The third kappa shape index (κ3) is 4.51. The smallest absolute Gasteiger partial charge is 0.256 e. The molecule has 2 N–H and O–H groups in total. The van der Waals surface area contributed by atoms with Gasteiger partial charge in [0, 0.05) is 27.8 Å². The lowest BCUT2D eigenvalue weighted by molar-refractivity contribution is 0.101. The third-order valence-corrected chi connectivity index (χ3v) is 6.07. The van der Waals surface area contributed by atoms with Gasteiger partial charge in [0.1, 0.15) is 10.8 Å². The van der Waals surface area contributed by atoms with Crippen LogP contribution in [0.1, 0.15) is 20.7 Å². The molecule has 0 aliphatic rings. The summed E-state index contributed by atoms with van der Waals surface area (Å²) in [7, 11) is 0. The van der Waals surface area contributed by atoms with Crippen LogP contribution in [0.2, 0.25) is 0 Å². The molecular formula is C27H19N3O2S. The standard InChI is InChI=1S/C27H19N3O2S/c31-25(19-9-2-1-3-10-19)29-24-17-33-27(30-24)20-12-6-13-21(16-20)28-26(32)23-15-7-11-18-8-4-5-14-22(18)23/h1-17H,(H,28,32)(H,29,31). The number of amides is 2. The predicted octanol–water partition coefficient (Wildman–Crippen LogP) is 6.47. The minimum absolute atomic E-state index is 0.168.